The van der Waals surface area contributed by atoms with E-state index in [0.717, 1.165) is 28.9 Å². The quantitative estimate of drug-likeness (QED) is 0.576. The highest BCUT2D eigenvalue weighted by Crippen LogP contribution is 2.45. The van der Waals surface area contributed by atoms with E-state index < -0.39 is 11.7 Å². The van der Waals surface area contributed by atoms with E-state index in [2.05, 4.69) is 5.16 Å². The maximum absolute atomic E-state index is 13.1. The fraction of sp³-hybridized carbons (Fsp3) is 0.235. The Bertz CT molecular complexity index is 846. The van der Waals surface area contributed by atoms with E-state index in [1.807, 2.05) is 17.0 Å². The van der Waals surface area contributed by atoms with Gasteiger partial charge in [0, 0.05) is 24.1 Å². The van der Waals surface area contributed by atoms with Crippen LogP contribution in [0.25, 0.3) is 0 Å². The fourth-order valence-corrected chi connectivity index (χ4v) is 3.25. The molecule has 0 radical (unpaired) electrons. The molecule has 4 rings (SSSR count). The molecular weight excluding hydrogens is 321 g/mol. The Morgan fingerprint density at radius 2 is 2.00 bits per heavy atom. The molecule has 0 amide bonds. The van der Waals surface area contributed by atoms with E-state index in [4.69, 9.17) is 4.74 Å². The normalized spacial score (nSPS) is 17.8. The van der Waals surface area contributed by atoms with Gasteiger partial charge < -0.3 is 14.8 Å². The minimum Gasteiger partial charge on any atom is -0.487 e. The molecule has 0 spiro atoms. The number of fused-ring (bicyclic) bond motifs is 2. The molecule has 2 heterocycles. The molecule has 2 aliphatic rings. The molecule has 0 aromatic heterocycles. The highest BCUT2D eigenvalue weighted by molar-refractivity contribution is 6.08. The molecule has 2 aromatic rings. The van der Waals surface area contributed by atoms with E-state index in [0.29, 0.717) is 30.1 Å². The molecule has 0 saturated heterocycles. The molecule has 0 saturated carbocycles. The Labute approximate surface area is 135 Å². The van der Waals surface area contributed by atoms with Gasteiger partial charge in [0.25, 0.3) is 0 Å². The number of hydrogen-bond donors (Lipinski definition) is 1. The van der Waals surface area contributed by atoms with Crippen LogP contribution in [0.15, 0.2) is 41.6 Å². The molecule has 0 bridgehead atoms. The van der Waals surface area contributed by atoms with Crippen LogP contribution in [-0.4, -0.2) is 17.5 Å². The number of hydrogen-bond acceptors (Lipinski definition) is 4. The molecule has 0 atom stereocenters. The second kappa shape index (κ2) is 5.15. The van der Waals surface area contributed by atoms with Crippen molar-refractivity contribution in [3.63, 3.8) is 0 Å². The third-order valence-electron chi connectivity index (χ3n) is 4.35. The Hall–Kier alpha value is -2.70. The second-order valence-corrected chi connectivity index (χ2v) is 5.73. The number of rotatable bonds is 0. The Balaban J connectivity index is 1.94. The maximum atomic E-state index is 13.1. The van der Waals surface area contributed by atoms with Crippen molar-refractivity contribution >= 4 is 17.1 Å². The third kappa shape index (κ3) is 2.19. The highest BCUT2D eigenvalue weighted by Gasteiger charge is 2.35. The molecule has 0 aliphatic carbocycles. The van der Waals surface area contributed by atoms with E-state index in [1.165, 1.54) is 6.07 Å². The molecule has 0 fully saturated rings. The summed E-state index contributed by atoms with van der Waals surface area (Å²) < 4.78 is 45.0. The average molecular weight is 334 g/mol. The Kier molecular flexibility index (Phi) is 3.19. The van der Waals surface area contributed by atoms with Gasteiger partial charge >= 0.3 is 6.18 Å². The van der Waals surface area contributed by atoms with Gasteiger partial charge in [-0.15, -0.1) is 0 Å². The zero-order valence-corrected chi connectivity index (χ0v) is 12.5. The zero-order valence-electron chi connectivity index (χ0n) is 12.5. The van der Waals surface area contributed by atoms with E-state index in [9.17, 15) is 18.4 Å². The largest absolute Gasteiger partial charge is 0.487 e. The number of benzene rings is 2. The molecule has 7 heteroatoms. The first-order valence-corrected chi connectivity index (χ1v) is 7.44. The average Bonchev–Trinajstić information content (AvgIpc) is 2.73. The number of alkyl halides is 3. The summed E-state index contributed by atoms with van der Waals surface area (Å²) in [6.45, 7) is 0.665. The summed E-state index contributed by atoms with van der Waals surface area (Å²) in [5.41, 5.74) is 2.50. The number of para-hydroxylation sites is 1. The van der Waals surface area contributed by atoms with Crippen LogP contribution in [0.5, 0.6) is 5.75 Å². The summed E-state index contributed by atoms with van der Waals surface area (Å²) >= 11 is 0. The first-order valence-electron chi connectivity index (χ1n) is 7.44. The summed E-state index contributed by atoms with van der Waals surface area (Å²) in [5.74, 6) is 0.412. The number of anilines is 2. The van der Waals surface area contributed by atoms with Gasteiger partial charge in [-0.3, -0.25) is 0 Å². The minimum absolute atomic E-state index is 0.247. The maximum Gasteiger partial charge on any atom is 0.416 e. The molecule has 2 aromatic carbocycles. The minimum atomic E-state index is -4.42. The van der Waals surface area contributed by atoms with Crippen LogP contribution in [0.4, 0.5) is 24.5 Å². The second-order valence-electron chi connectivity index (χ2n) is 5.73. The van der Waals surface area contributed by atoms with E-state index in [1.54, 1.807) is 6.07 Å². The van der Waals surface area contributed by atoms with Crippen LogP contribution in [0, 0.1) is 0 Å². The predicted octanol–water partition coefficient (Wildman–Crippen LogP) is 4.32. The van der Waals surface area contributed by atoms with Gasteiger partial charge in [-0.05, 0) is 18.2 Å². The molecule has 2 aliphatic heterocycles. The summed E-state index contributed by atoms with van der Waals surface area (Å²) in [4.78, 5) is 1.82. The van der Waals surface area contributed by atoms with Crippen molar-refractivity contribution in [2.75, 3.05) is 11.4 Å². The van der Waals surface area contributed by atoms with Gasteiger partial charge in [-0.1, -0.05) is 23.4 Å². The van der Waals surface area contributed by atoms with Gasteiger partial charge in [-0.25, -0.2) is 0 Å². The zero-order chi connectivity index (χ0) is 16.9. The molecule has 0 unspecified atom stereocenters. The van der Waals surface area contributed by atoms with E-state index in [-0.39, 0.29) is 6.61 Å². The lowest BCUT2D eigenvalue weighted by Gasteiger charge is -2.32. The van der Waals surface area contributed by atoms with Crippen molar-refractivity contribution in [1.82, 2.24) is 0 Å². The summed E-state index contributed by atoms with van der Waals surface area (Å²) in [6, 6.07) is 8.99. The third-order valence-corrected chi connectivity index (χ3v) is 4.35. The van der Waals surface area contributed by atoms with Crippen LogP contribution in [0.1, 0.15) is 23.1 Å². The lowest BCUT2D eigenvalue weighted by Crippen LogP contribution is -2.29. The number of oxime groups is 1. The van der Waals surface area contributed by atoms with Crippen molar-refractivity contribution < 1.29 is 23.1 Å². The first kappa shape index (κ1) is 14.9. The molecule has 1 N–H and O–H groups in total. The van der Waals surface area contributed by atoms with Crippen LogP contribution >= 0.6 is 0 Å². The summed E-state index contributed by atoms with van der Waals surface area (Å²) in [7, 11) is 0. The van der Waals surface area contributed by atoms with Gasteiger partial charge in [0.05, 0.1) is 22.6 Å². The Morgan fingerprint density at radius 1 is 1.17 bits per heavy atom. The topological polar surface area (TPSA) is 45.1 Å². The number of ether oxygens (including phenoxy) is 1. The predicted molar refractivity (Wildman–Crippen MR) is 82.2 cm³/mol. The molecule has 24 heavy (non-hydrogen) atoms. The van der Waals surface area contributed by atoms with Crippen molar-refractivity contribution in [3.05, 3.63) is 53.1 Å². The Morgan fingerprint density at radius 3 is 2.75 bits per heavy atom. The monoisotopic (exact) mass is 334 g/mol. The fourth-order valence-electron chi connectivity index (χ4n) is 3.25. The van der Waals surface area contributed by atoms with Crippen LogP contribution in [0.3, 0.4) is 0 Å². The highest BCUT2D eigenvalue weighted by atomic mass is 19.4. The van der Waals surface area contributed by atoms with Crippen molar-refractivity contribution in [2.24, 2.45) is 5.16 Å². The lowest BCUT2D eigenvalue weighted by atomic mass is 9.95. The van der Waals surface area contributed by atoms with Gasteiger partial charge in [0.1, 0.15) is 12.4 Å². The van der Waals surface area contributed by atoms with Crippen LogP contribution in [-0.2, 0) is 12.8 Å². The van der Waals surface area contributed by atoms with Crippen LogP contribution < -0.4 is 9.64 Å². The molecule has 4 nitrogen and oxygen atoms in total. The number of halogens is 3. The van der Waals surface area contributed by atoms with E-state index >= 15 is 0 Å². The summed E-state index contributed by atoms with van der Waals surface area (Å²) in [5, 5.41) is 12.5. The van der Waals surface area contributed by atoms with Crippen LogP contribution in [0.2, 0.25) is 0 Å². The molecule has 124 valence electrons. The lowest BCUT2D eigenvalue weighted by molar-refractivity contribution is -0.137. The van der Waals surface area contributed by atoms with Crippen molar-refractivity contribution in [1.29, 1.82) is 0 Å². The summed E-state index contributed by atoms with van der Waals surface area (Å²) in [6.07, 6.45) is -3.99. The smallest absolute Gasteiger partial charge is 0.416 e. The standard InChI is InChI=1S/C17H13F3N2O2/c18-17(19,20)11-4-5-15-14(8-11)22-7-6-13(21-23)12-3-1-2-10(9-24-15)16(12)22/h1-5,8,23H,6-7,9H2/b21-13-. The SMILES string of the molecule is O/N=C1/CCN2c3cc(C(F)(F)F)ccc3OCc3cccc1c32. The van der Waals surface area contributed by atoms with Crippen molar-refractivity contribution in [2.45, 2.75) is 19.2 Å². The van der Waals surface area contributed by atoms with Gasteiger partial charge in [0.2, 0.25) is 0 Å². The van der Waals surface area contributed by atoms with Gasteiger partial charge in [0.15, 0.2) is 0 Å². The van der Waals surface area contributed by atoms with Gasteiger partial charge in [-0.2, -0.15) is 13.2 Å². The molecular formula is C17H13F3N2O2. The van der Waals surface area contributed by atoms with Crippen molar-refractivity contribution in [3.8, 4) is 5.75 Å². The number of nitrogens with zero attached hydrogens (tertiary/aromatic N) is 2. The first-order chi connectivity index (χ1) is 11.5.